The summed E-state index contributed by atoms with van der Waals surface area (Å²) in [5.41, 5.74) is 1.21. The van der Waals surface area contributed by atoms with Crippen molar-refractivity contribution in [2.45, 2.75) is 32.4 Å². The molecule has 3 heteroatoms. The average molecular weight is 252 g/mol. The second kappa shape index (κ2) is 6.70. The summed E-state index contributed by atoms with van der Waals surface area (Å²) in [6.07, 6.45) is 1.16. The van der Waals surface area contributed by atoms with E-state index in [1.807, 2.05) is 30.0 Å². The summed E-state index contributed by atoms with van der Waals surface area (Å²) in [5, 5.41) is 8.89. The van der Waals surface area contributed by atoms with Crippen molar-refractivity contribution >= 4 is 17.7 Å². The molecule has 0 fully saturated rings. The Morgan fingerprint density at radius 3 is 2.53 bits per heavy atom. The van der Waals surface area contributed by atoms with Crippen LogP contribution >= 0.6 is 11.8 Å². The van der Waals surface area contributed by atoms with E-state index >= 15 is 0 Å². The number of hydrogen-bond donors (Lipinski definition) is 1. The highest BCUT2D eigenvalue weighted by Gasteiger charge is 2.25. The number of carboxylic acid groups (broad SMARTS) is 1. The number of benzene rings is 1. The van der Waals surface area contributed by atoms with Gasteiger partial charge in [0, 0.05) is 5.75 Å². The lowest BCUT2D eigenvalue weighted by Crippen LogP contribution is -2.22. The van der Waals surface area contributed by atoms with Gasteiger partial charge in [0.2, 0.25) is 0 Å². The van der Waals surface area contributed by atoms with Crippen LogP contribution in [-0.2, 0) is 10.5 Å². The molecule has 0 aliphatic rings. The van der Waals surface area contributed by atoms with E-state index in [9.17, 15) is 4.79 Å². The van der Waals surface area contributed by atoms with Gasteiger partial charge in [-0.3, -0.25) is 4.79 Å². The molecule has 0 radical (unpaired) electrons. The number of carbonyl (C=O) groups is 1. The van der Waals surface area contributed by atoms with Crippen molar-refractivity contribution < 1.29 is 9.90 Å². The highest BCUT2D eigenvalue weighted by Crippen LogP contribution is 2.31. The molecule has 17 heavy (non-hydrogen) atoms. The molecule has 2 nitrogen and oxygen atoms in total. The van der Waals surface area contributed by atoms with Crippen LogP contribution < -0.4 is 0 Å². The smallest absolute Gasteiger partial charge is 0.303 e. The number of thioether (sulfide) groups is 1. The van der Waals surface area contributed by atoms with Gasteiger partial charge in [-0.15, -0.1) is 0 Å². The minimum Gasteiger partial charge on any atom is -0.481 e. The molecule has 0 bridgehead atoms. The molecule has 0 aliphatic heterocycles. The van der Waals surface area contributed by atoms with Gasteiger partial charge in [-0.05, 0) is 23.2 Å². The standard InChI is InChI=1S/C14H20O2S/c1-3-14(2,9-13(15)16)11-17-10-12-7-5-4-6-8-12/h4-8H,3,9-11H2,1-2H3,(H,15,16). The molecule has 1 aromatic carbocycles. The Morgan fingerprint density at radius 1 is 1.35 bits per heavy atom. The van der Waals surface area contributed by atoms with Crippen LogP contribution in [0.1, 0.15) is 32.3 Å². The van der Waals surface area contributed by atoms with Gasteiger partial charge in [-0.2, -0.15) is 11.8 Å². The average Bonchev–Trinajstić information content (AvgIpc) is 2.29. The van der Waals surface area contributed by atoms with Crippen LogP contribution in [-0.4, -0.2) is 16.8 Å². The topological polar surface area (TPSA) is 37.3 Å². The second-order valence-corrected chi connectivity index (χ2v) is 5.70. The fraction of sp³-hybridized carbons (Fsp3) is 0.500. The van der Waals surface area contributed by atoms with E-state index in [0.29, 0.717) is 0 Å². The van der Waals surface area contributed by atoms with Crippen LogP contribution in [0, 0.1) is 5.41 Å². The zero-order chi connectivity index (χ0) is 12.7. The van der Waals surface area contributed by atoms with Crippen LogP contribution in [0.4, 0.5) is 0 Å². The zero-order valence-electron chi connectivity index (χ0n) is 10.5. The lowest BCUT2D eigenvalue weighted by atomic mass is 9.86. The first-order valence-electron chi connectivity index (χ1n) is 5.89. The zero-order valence-corrected chi connectivity index (χ0v) is 11.3. The third kappa shape index (κ3) is 5.26. The van der Waals surface area contributed by atoms with Gasteiger partial charge in [0.05, 0.1) is 6.42 Å². The molecule has 0 saturated heterocycles. The van der Waals surface area contributed by atoms with E-state index in [4.69, 9.17) is 5.11 Å². The van der Waals surface area contributed by atoms with E-state index in [0.717, 1.165) is 17.9 Å². The molecule has 1 atom stereocenters. The molecule has 1 aromatic rings. The summed E-state index contributed by atoms with van der Waals surface area (Å²) in [7, 11) is 0. The quantitative estimate of drug-likeness (QED) is 0.801. The van der Waals surface area contributed by atoms with Gasteiger partial charge in [0.25, 0.3) is 0 Å². The first-order chi connectivity index (χ1) is 8.06. The van der Waals surface area contributed by atoms with Crippen molar-refractivity contribution in [1.29, 1.82) is 0 Å². The molecule has 0 spiro atoms. The largest absolute Gasteiger partial charge is 0.481 e. The Morgan fingerprint density at radius 2 is 2.00 bits per heavy atom. The van der Waals surface area contributed by atoms with Crippen LogP contribution in [0.3, 0.4) is 0 Å². The number of hydrogen-bond acceptors (Lipinski definition) is 2. The summed E-state index contributed by atoms with van der Waals surface area (Å²) in [5.74, 6) is 1.15. The van der Waals surface area contributed by atoms with Crippen molar-refractivity contribution in [3.05, 3.63) is 35.9 Å². The third-order valence-corrected chi connectivity index (χ3v) is 4.43. The lowest BCUT2D eigenvalue weighted by Gasteiger charge is -2.25. The summed E-state index contributed by atoms with van der Waals surface area (Å²) < 4.78 is 0. The van der Waals surface area contributed by atoms with Crippen molar-refractivity contribution in [3.8, 4) is 0 Å². The molecule has 1 unspecified atom stereocenters. The van der Waals surface area contributed by atoms with Crippen molar-refractivity contribution in [2.75, 3.05) is 5.75 Å². The number of rotatable bonds is 7. The third-order valence-electron chi connectivity index (χ3n) is 2.99. The Kier molecular flexibility index (Phi) is 5.56. The second-order valence-electron chi connectivity index (χ2n) is 4.71. The first-order valence-corrected chi connectivity index (χ1v) is 7.05. The minimum absolute atomic E-state index is 0.0920. The molecule has 1 rings (SSSR count). The van der Waals surface area contributed by atoms with Crippen molar-refractivity contribution in [2.24, 2.45) is 5.41 Å². The highest BCUT2D eigenvalue weighted by atomic mass is 32.2. The van der Waals surface area contributed by atoms with E-state index in [2.05, 4.69) is 26.0 Å². The maximum Gasteiger partial charge on any atom is 0.303 e. The van der Waals surface area contributed by atoms with Crippen LogP contribution in [0.2, 0.25) is 0 Å². The Balaban J connectivity index is 2.40. The lowest BCUT2D eigenvalue weighted by molar-refractivity contribution is -0.139. The Labute approximate surface area is 107 Å². The van der Waals surface area contributed by atoms with Crippen molar-refractivity contribution in [1.82, 2.24) is 0 Å². The van der Waals surface area contributed by atoms with Crippen molar-refractivity contribution in [3.63, 3.8) is 0 Å². The molecule has 0 amide bonds. The van der Waals surface area contributed by atoms with Gasteiger partial charge in [0.15, 0.2) is 0 Å². The predicted molar refractivity (Wildman–Crippen MR) is 73.3 cm³/mol. The van der Waals surface area contributed by atoms with Crippen LogP contribution in [0.25, 0.3) is 0 Å². The fourth-order valence-corrected chi connectivity index (χ4v) is 2.96. The highest BCUT2D eigenvalue weighted by molar-refractivity contribution is 7.98. The van der Waals surface area contributed by atoms with Crippen LogP contribution in [0.5, 0.6) is 0 Å². The molecule has 94 valence electrons. The summed E-state index contributed by atoms with van der Waals surface area (Å²) in [4.78, 5) is 10.8. The monoisotopic (exact) mass is 252 g/mol. The van der Waals surface area contributed by atoms with Gasteiger partial charge in [0.1, 0.15) is 0 Å². The van der Waals surface area contributed by atoms with E-state index in [1.165, 1.54) is 5.56 Å². The minimum atomic E-state index is -0.699. The van der Waals surface area contributed by atoms with Gasteiger partial charge >= 0.3 is 5.97 Å². The predicted octanol–water partition coefficient (Wildman–Crippen LogP) is 3.81. The molecular weight excluding hydrogens is 232 g/mol. The molecule has 0 aromatic heterocycles. The fourth-order valence-electron chi connectivity index (χ4n) is 1.63. The SMILES string of the molecule is CCC(C)(CSCc1ccccc1)CC(=O)O. The Bertz CT molecular complexity index is 350. The first kappa shape index (κ1) is 14.1. The molecule has 0 saturated carbocycles. The van der Waals surface area contributed by atoms with Gasteiger partial charge in [-0.25, -0.2) is 0 Å². The summed E-state index contributed by atoms with van der Waals surface area (Å²) in [6, 6.07) is 10.3. The summed E-state index contributed by atoms with van der Waals surface area (Å²) >= 11 is 1.82. The maximum atomic E-state index is 10.8. The Hall–Kier alpha value is -0.960. The number of carboxylic acids is 1. The number of aliphatic carboxylic acids is 1. The molecule has 0 heterocycles. The van der Waals surface area contributed by atoms with Gasteiger partial charge < -0.3 is 5.11 Å². The van der Waals surface area contributed by atoms with Crippen LogP contribution in [0.15, 0.2) is 30.3 Å². The molecular formula is C14H20O2S. The summed E-state index contributed by atoms with van der Waals surface area (Å²) in [6.45, 7) is 4.12. The van der Waals surface area contributed by atoms with E-state index < -0.39 is 5.97 Å². The van der Waals surface area contributed by atoms with E-state index in [-0.39, 0.29) is 11.8 Å². The molecule has 1 N–H and O–H groups in total. The molecule has 0 aliphatic carbocycles. The maximum absolute atomic E-state index is 10.8. The normalized spacial score (nSPS) is 14.2. The van der Waals surface area contributed by atoms with E-state index in [1.54, 1.807) is 0 Å². The van der Waals surface area contributed by atoms with Gasteiger partial charge in [-0.1, -0.05) is 44.2 Å².